The first-order valence-electron chi connectivity index (χ1n) is 7.18. The molecular formula is C16H18N2O3S. The van der Waals surface area contributed by atoms with E-state index < -0.39 is 11.4 Å². The Hall–Kier alpha value is -1.79. The van der Waals surface area contributed by atoms with Crippen LogP contribution in [0.15, 0.2) is 51.1 Å². The molecule has 22 heavy (non-hydrogen) atoms. The molecule has 2 aromatic rings. The summed E-state index contributed by atoms with van der Waals surface area (Å²) in [4.78, 5) is 17.6. The van der Waals surface area contributed by atoms with Crippen LogP contribution < -0.4 is 0 Å². The van der Waals surface area contributed by atoms with Crippen molar-refractivity contribution in [1.82, 2.24) is 9.88 Å². The van der Waals surface area contributed by atoms with E-state index in [4.69, 9.17) is 4.42 Å². The van der Waals surface area contributed by atoms with Crippen LogP contribution in [0.4, 0.5) is 0 Å². The first-order valence-corrected chi connectivity index (χ1v) is 8.00. The third-order valence-electron chi connectivity index (χ3n) is 3.93. The highest BCUT2D eigenvalue weighted by atomic mass is 32.2. The summed E-state index contributed by atoms with van der Waals surface area (Å²) in [5.41, 5.74) is -0.641. The standard InChI is InChI=1S/C16H18N2O3S/c1-16(15(19)20)7-9-18(11-16)10-12-5-6-14(21-12)22-13-4-2-3-8-17-13/h2-6,8H,7,9-11H2,1H3,(H,19,20). The highest BCUT2D eigenvalue weighted by molar-refractivity contribution is 7.99. The molecule has 1 saturated heterocycles. The van der Waals surface area contributed by atoms with Crippen molar-refractivity contribution in [2.75, 3.05) is 13.1 Å². The van der Waals surface area contributed by atoms with Gasteiger partial charge in [-0.2, -0.15) is 0 Å². The zero-order chi connectivity index (χ0) is 15.6. The van der Waals surface area contributed by atoms with Gasteiger partial charge in [0, 0.05) is 12.7 Å². The lowest BCUT2D eigenvalue weighted by molar-refractivity contribution is -0.147. The Labute approximate surface area is 133 Å². The average molecular weight is 318 g/mol. The van der Waals surface area contributed by atoms with E-state index in [0.29, 0.717) is 19.5 Å². The minimum atomic E-state index is -0.721. The summed E-state index contributed by atoms with van der Waals surface area (Å²) < 4.78 is 5.81. The van der Waals surface area contributed by atoms with E-state index in [2.05, 4.69) is 9.88 Å². The molecule has 1 aliphatic heterocycles. The number of likely N-dealkylation sites (tertiary alicyclic amines) is 1. The van der Waals surface area contributed by atoms with Gasteiger partial charge in [-0.15, -0.1) is 0 Å². The molecule has 1 unspecified atom stereocenters. The first-order chi connectivity index (χ1) is 10.5. The second kappa shape index (κ2) is 6.14. The highest BCUT2D eigenvalue weighted by Gasteiger charge is 2.40. The normalized spacial score (nSPS) is 22.0. The molecule has 1 fully saturated rings. The average Bonchev–Trinajstić information content (AvgIpc) is 3.08. The van der Waals surface area contributed by atoms with Crippen LogP contribution in [0.5, 0.6) is 0 Å². The van der Waals surface area contributed by atoms with Crippen LogP contribution >= 0.6 is 11.8 Å². The molecule has 6 heteroatoms. The van der Waals surface area contributed by atoms with Gasteiger partial charge in [-0.05, 0) is 55.9 Å². The Kier molecular flexibility index (Phi) is 4.22. The summed E-state index contributed by atoms with van der Waals surface area (Å²) in [6.07, 6.45) is 2.43. The molecule has 3 rings (SSSR count). The largest absolute Gasteiger partial charge is 0.481 e. The van der Waals surface area contributed by atoms with E-state index in [0.717, 1.165) is 22.4 Å². The molecule has 0 aromatic carbocycles. The van der Waals surface area contributed by atoms with E-state index in [-0.39, 0.29) is 0 Å². The molecule has 5 nitrogen and oxygen atoms in total. The number of furan rings is 1. The Bertz CT molecular complexity index is 658. The zero-order valence-corrected chi connectivity index (χ0v) is 13.2. The minimum absolute atomic E-state index is 0.561. The van der Waals surface area contributed by atoms with E-state index in [9.17, 15) is 9.90 Å². The second-order valence-corrected chi connectivity index (χ2v) is 6.84. The number of aromatic nitrogens is 1. The van der Waals surface area contributed by atoms with Crippen LogP contribution in [-0.2, 0) is 11.3 Å². The number of nitrogens with zero attached hydrogens (tertiary/aromatic N) is 2. The SMILES string of the molecule is CC1(C(=O)O)CCN(Cc2ccc(Sc3ccccn3)o2)C1. The van der Waals surface area contributed by atoms with Gasteiger partial charge in [0.1, 0.15) is 10.8 Å². The molecule has 0 saturated carbocycles. The Morgan fingerprint density at radius 1 is 1.45 bits per heavy atom. The Morgan fingerprint density at radius 3 is 3.00 bits per heavy atom. The van der Waals surface area contributed by atoms with Gasteiger partial charge in [-0.25, -0.2) is 4.98 Å². The molecule has 0 aliphatic carbocycles. The number of aliphatic carboxylic acids is 1. The molecule has 3 heterocycles. The molecule has 2 aromatic heterocycles. The van der Waals surface area contributed by atoms with Crippen molar-refractivity contribution in [3.63, 3.8) is 0 Å². The van der Waals surface area contributed by atoms with Gasteiger partial charge in [-0.3, -0.25) is 9.69 Å². The maximum Gasteiger partial charge on any atom is 0.310 e. The van der Waals surface area contributed by atoms with Crippen LogP contribution in [0.3, 0.4) is 0 Å². The third-order valence-corrected chi connectivity index (χ3v) is 4.80. The van der Waals surface area contributed by atoms with Crippen molar-refractivity contribution in [3.8, 4) is 0 Å². The maximum absolute atomic E-state index is 11.3. The number of carboxylic acids is 1. The lowest BCUT2D eigenvalue weighted by atomic mass is 9.90. The molecule has 0 bridgehead atoms. The van der Waals surface area contributed by atoms with Crippen LogP contribution in [0, 0.1) is 5.41 Å². The summed E-state index contributed by atoms with van der Waals surface area (Å²) in [5, 5.41) is 11.0. The molecule has 116 valence electrons. The fourth-order valence-electron chi connectivity index (χ4n) is 2.60. The number of hydrogen-bond acceptors (Lipinski definition) is 5. The van der Waals surface area contributed by atoms with Gasteiger partial charge in [-0.1, -0.05) is 6.07 Å². The van der Waals surface area contributed by atoms with E-state index in [1.807, 2.05) is 30.3 Å². The van der Waals surface area contributed by atoms with Crippen LogP contribution in [-0.4, -0.2) is 34.0 Å². The smallest absolute Gasteiger partial charge is 0.310 e. The topological polar surface area (TPSA) is 66.6 Å². The van der Waals surface area contributed by atoms with Crippen LogP contribution in [0.25, 0.3) is 0 Å². The Balaban J connectivity index is 1.60. The predicted molar refractivity (Wildman–Crippen MR) is 82.7 cm³/mol. The molecule has 1 aliphatic rings. The van der Waals surface area contributed by atoms with E-state index in [1.165, 1.54) is 11.8 Å². The molecule has 0 spiro atoms. The van der Waals surface area contributed by atoms with Crippen molar-refractivity contribution in [1.29, 1.82) is 0 Å². The number of carbonyl (C=O) groups is 1. The van der Waals surface area contributed by atoms with Crippen LogP contribution in [0.1, 0.15) is 19.1 Å². The number of carboxylic acid groups (broad SMARTS) is 1. The molecule has 0 radical (unpaired) electrons. The van der Waals surface area contributed by atoms with Gasteiger partial charge >= 0.3 is 5.97 Å². The third kappa shape index (κ3) is 3.34. The van der Waals surface area contributed by atoms with E-state index in [1.54, 1.807) is 13.1 Å². The van der Waals surface area contributed by atoms with Crippen molar-refractivity contribution in [2.24, 2.45) is 5.41 Å². The van der Waals surface area contributed by atoms with E-state index >= 15 is 0 Å². The fourth-order valence-corrected chi connectivity index (χ4v) is 3.35. The zero-order valence-electron chi connectivity index (χ0n) is 12.4. The Morgan fingerprint density at radius 2 is 2.32 bits per heavy atom. The summed E-state index contributed by atoms with van der Waals surface area (Å²) >= 11 is 1.48. The molecular weight excluding hydrogens is 300 g/mol. The van der Waals surface area contributed by atoms with Gasteiger partial charge in [0.05, 0.1) is 12.0 Å². The lowest BCUT2D eigenvalue weighted by Gasteiger charge is -2.19. The van der Waals surface area contributed by atoms with Gasteiger partial charge in [0.15, 0.2) is 5.09 Å². The van der Waals surface area contributed by atoms with Crippen molar-refractivity contribution in [2.45, 2.75) is 30.0 Å². The summed E-state index contributed by atoms with van der Waals surface area (Å²) in [7, 11) is 0. The number of hydrogen-bond donors (Lipinski definition) is 1. The van der Waals surface area contributed by atoms with Gasteiger partial charge in [0.2, 0.25) is 0 Å². The highest BCUT2D eigenvalue weighted by Crippen LogP contribution is 2.32. The number of rotatable bonds is 5. The summed E-state index contributed by atoms with van der Waals surface area (Å²) in [5.74, 6) is 0.133. The monoisotopic (exact) mass is 318 g/mol. The molecule has 1 atom stereocenters. The number of pyridine rings is 1. The van der Waals surface area contributed by atoms with Gasteiger partial charge < -0.3 is 9.52 Å². The molecule has 1 N–H and O–H groups in total. The first kappa shape index (κ1) is 15.1. The molecule has 0 amide bonds. The predicted octanol–water partition coefficient (Wildman–Crippen LogP) is 3.12. The van der Waals surface area contributed by atoms with Crippen molar-refractivity contribution >= 4 is 17.7 Å². The van der Waals surface area contributed by atoms with Crippen LogP contribution in [0.2, 0.25) is 0 Å². The lowest BCUT2D eigenvalue weighted by Crippen LogP contribution is -2.31. The summed E-state index contributed by atoms with van der Waals surface area (Å²) in [6, 6.07) is 9.63. The van der Waals surface area contributed by atoms with Crippen molar-refractivity contribution < 1.29 is 14.3 Å². The quantitative estimate of drug-likeness (QED) is 0.913. The fraction of sp³-hybridized carbons (Fsp3) is 0.375. The second-order valence-electron chi connectivity index (χ2n) is 5.82. The van der Waals surface area contributed by atoms with Gasteiger partial charge in [0.25, 0.3) is 0 Å². The minimum Gasteiger partial charge on any atom is -0.481 e. The maximum atomic E-state index is 11.3. The van der Waals surface area contributed by atoms with Crippen molar-refractivity contribution in [3.05, 3.63) is 42.3 Å². The summed E-state index contributed by atoms with van der Waals surface area (Å²) in [6.45, 7) is 3.80.